The number of pyridine rings is 1. The van der Waals surface area contributed by atoms with E-state index in [1.807, 2.05) is 24.5 Å². The second-order valence-electron chi connectivity index (χ2n) is 5.64. The molecule has 8 heteroatoms. The van der Waals surface area contributed by atoms with E-state index in [2.05, 4.69) is 15.5 Å². The summed E-state index contributed by atoms with van der Waals surface area (Å²) in [5.41, 5.74) is 5.65. The molecule has 0 unspecified atom stereocenters. The van der Waals surface area contributed by atoms with Gasteiger partial charge in [0, 0.05) is 23.0 Å². The van der Waals surface area contributed by atoms with Gasteiger partial charge in [0.05, 0.1) is 16.8 Å². The number of anilines is 1. The fraction of sp³-hybridized carbons (Fsp3) is 0.111. The number of nitrogens with zero attached hydrogens (tertiary/aromatic N) is 4. The average Bonchev–Trinajstić information content (AvgIpc) is 2.90. The first-order chi connectivity index (χ1) is 12.5. The minimum absolute atomic E-state index is 0.0898. The lowest BCUT2D eigenvalue weighted by Crippen LogP contribution is -2.02. The SMILES string of the molecule is Cc1cc(/C=N\Nc2ccc([N+](=O)[O-])cn2)c(C)n1-c1ccccc1F. The lowest BCUT2D eigenvalue weighted by atomic mass is 10.2. The summed E-state index contributed by atoms with van der Waals surface area (Å²) in [5, 5.41) is 14.7. The van der Waals surface area contributed by atoms with E-state index in [9.17, 15) is 14.5 Å². The van der Waals surface area contributed by atoms with E-state index in [-0.39, 0.29) is 11.5 Å². The minimum atomic E-state index is -0.516. The summed E-state index contributed by atoms with van der Waals surface area (Å²) >= 11 is 0. The summed E-state index contributed by atoms with van der Waals surface area (Å²) in [7, 11) is 0. The van der Waals surface area contributed by atoms with Crippen LogP contribution in [0.5, 0.6) is 0 Å². The number of para-hydroxylation sites is 1. The molecule has 2 aromatic heterocycles. The minimum Gasteiger partial charge on any atom is -0.315 e. The molecule has 7 nitrogen and oxygen atoms in total. The van der Waals surface area contributed by atoms with Gasteiger partial charge in [0.25, 0.3) is 5.69 Å². The Hall–Kier alpha value is -3.55. The van der Waals surface area contributed by atoms with Gasteiger partial charge in [0.1, 0.15) is 17.8 Å². The molecule has 0 amide bonds. The van der Waals surface area contributed by atoms with E-state index in [1.165, 1.54) is 18.2 Å². The highest BCUT2D eigenvalue weighted by atomic mass is 19.1. The molecule has 0 aliphatic heterocycles. The fourth-order valence-electron chi connectivity index (χ4n) is 2.65. The van der Waals surface area contributed by atoms with E-state index < -0.39 is 4.92 Å². The number of hydrogen-bond donors (Lipinski definition) is 1. The van der Waals surface area contributed by atoms with Crippen molar-refractivity contribution < 1.29 is 9.31 Å². The molecule has 0 radical (unpaired) electrons. The zero-order chi connectivity index (χ0) is 18.7. The Morgan fingerprint density at radius 2 is 2.04 bits per heavy atom. The van der Waals surface area contributed by atoms with Gasteiger partial charge in [-0.3, -0.25) is 15.5 Å². The molecule has 26 heavy (non-hydrogen) atoms. The molecule has 0 fully saturated rings. The van der Waals surface area contributed by atoms with Crippen molar-refractivity contribution in [1.82, 2.24) is 9.55 Å². The number of benzene rings is 1. The van der Waals surface area contributed by atoms with Gasteiger partial charge in [-0.15, -0.1) is 0 Å². The molecule has 132 valence electrons. The molecule has 0 saturated heterocycles. The smallest absolute Gasteiger partial charge is 0.287 e. The number of hydrogen-bond acceptors (Lipinski definition) is 5. The van der Waals surface area contributed by atoms with Crippen LogP contribution in [0.2, 0.25) is 0 Å². The number of aromatic nitrogens is 2. The number of nitro groups is 1. The molecular weight excluding hydrogens is 337 g/mol. The van der Waals surface area contributed by atoms with Crippen molar-refractivity contribution in [3.05, 3.63) is 81.5 Å². The summed E-state index contributed by atoms with van der Waals surface area (Å²) in [6, 6.07) is 11.3. The van der Waals surface area contributed by atoms with Gasteiger partial charge in [-0.2, -0.15) is 5.10 Å². The second-order valence-corrected chi connectivity index (χ2v) is 5.64. The zero-order valence-corrected chi connectivity index (χ0v) is 14.2. The number of nitrogens with one attached hydrogen (secondary N) is 1. The average molecular weight is 353 g/mol. The summed E-state index contributed by atoms with van der Waals surface area (Å²) < 4.78 is 15.9. The highest BCUT2D eigenvalue weighted by Crippen LogP contribution is 2.22. The molecular formula is C18H16FN5O2. The Kier molecular flexibility index (Phi) is 4.74. The first kappa shape index (κ1) is 17.3. The van der Waals surface area contributed by atoms with Crippen molar-refractivity contribution in [3.63, 3.8) is 0 Å². The van der Waals surface area contributed by atoms with Crippen molar-refractivity contribution in [3.8, 4) is 5.69 Å². The lowest BCUT2D eigenvalue weighted by molar-refractivity contribution is -0.385. The molecule has 3 aromatic rings. The predicted octanol–water partition coefficient (Wildman–Crippen LogP) is 3.98. The Morgan fingerprint density at radius 1 is 1.27 bits per heavy atom. The van der Waals surface area contributed by atoms with Crippen molar-refractivity contribution in [2.24, 2.45) is 5.10 Å². The van der Waals surface area contributed by atoms with Crippen molar-refractivity contribution >= 4 is 17.7 Å². The molecule has 1 N–H and O–H groups in total. The maximum Gasteiger partial charge on any atom is 0.287 e. The number of halogens is 1. The number of rotatable bonds is 5. The van der Waals surface area contributed by atoms with Gasteiger partial charge in [-0.05, 0) is 38.1 Å². The second kappa shape index (κ2) is 7.14. The summed E-state index contributed by atoms with van der Waals surface area (Å²) in [4.78, 5) is 14.0. The van der Waals surface area contributed by atoms with Gasteiger partial charge >= 0.3 is 0 Å². The molecule has 0 bridgehead atoms. The van der Waals surface area contributed by atoms with Gasteiger partial charge in [0.2, 0.25) is 0 Å². The molecule has 0 saturated carbocycles. The molecule has 0 spiro atoms. The van der Waals surface area contributed by atoms with Crippen LogP contribution in [0, 0.1) is 29.8 Å². The summed E-state index contributed by atoms with van der Waals surface area (Å²) in [6.07, 6.45) is 2.75. The Bertz CT molecular complexity index is 980. The Balaban J connectivity index is 1.80. The van der Waals surface area contributed by atoms with Crippen LogP contribution in [0.25, 0.3) is 5.69 Å². The van der Waals surface area contributed by atoms with Crippen LogP contribution in [0.1, 0.15) is 17.0 Å². The molecule has 0 aliphatic rings. The topological polar surface area (TPSA) is 85.3 Å². The molecule has 3 rings (SSSR count). The largest absolute Gasteiger partial charge is 0.315 e. The van der Waals surface area contributed by atoms with Crippen LogP contribution in [0.4, 0.5) is 15.9 Å². The molecule has 1 aromatic carbocycles. The van der Waals surface area contributed by atoms with E-state index >= 15 is 0 Å². The van der Waals surface area contributed by atoms with E-state index in [0.29, 0.717) is 11.5 Å². The number of aryl methyl sites for hydroxylation is 1. The van der Waals surface area contributed by atoms with Gasteiger partial charge < -0.3 is 4.57 Å². The monoisotopic (exact) mass is 353 g/mol. The quantitative estimate of drug-likeness (QED) is 0.427. The van der Waals surface area contributed by atoms with Crippen LogP contribution >= 0.6 is 0 Å². The normalized spacial score (nSPS) is 11.0. The molecule has 0 aliphatic carbocycles. The van der Waals surface area contributed by atoms with Crippen LogP contribution in [0.15, 0.2) is 53.8 Å². The van der Waals surface area contributed by atoms with Crippen LogP contribution in [-0.2, 0) is 0 Å². The van der Waals surface area contributed by atoms with Crippen molar-refractivity contribution in [1.29, 1.82) is 0 Å². The highest BCUT2D eigenvalue weighted by Gasteiger charge is 2.12. The van der Waals surface area contributed by atoms with Crippen LogP contribution < -0.4 is 5.43 Å². The third-order valence-corrected chi connectivity index (χ3v) is 3.91. The molecule has 0 atom stereocenters. The zero-order valence-electron chi connectivity index (χ0n) is 14.2. The predicted molar refractivity (Wildman–Crippen MR) is 97.3 cm³/mol. The van der Waals surface area contributed by atoms with Gasteiger partial charge in [-0.25, -0.2) is 9.37 Å². The maximum absolute atomic E-state index is 14.1. The third kappa shape index (κ3) is 3.44. The van der Waals surface area contributed by atoms with Crippen molar-refractivity contribution in [2.75, 3.05) is 5.43 Å². The van der Waals surface area contributed by atoms with E-state index in [4.69, 9.17) is 0 Å². The fourth-order valence-corrected chi connectivity index (χ4v) is 2.65. The standard InChI is InChI=1S/C18H16FN5O2/c1-12-9-14(13(2)23(12)17-6-4-3-5-16(17)19)10-21-22-18-8-7-15(11-20-18)24(25)26/h3-11H,1-2H3,(H,20,22)/b21-10-. The van der Waals surface area contributed by atoms with Crippen LogP contribution in [-0.4, -0.2) is 20.7 Å². The van der Waals surface area contributed by atoms with Crippen LogP contribution in [0.3, 0.4) is 0 Å². The first-order valence-corrected chi connectivity index (χ1v) is 7.80. The van der Waals surface area contributed by atoms with Gasteiger partial charge in [0.15, 0.2) is 0 Å². The van der Waals surface area contributed by atoms with Crippen molar-refractivity contribution in [2.45, 2.75) is 13.8 Å². The Morgan fingerprint density at radius 3 is 2.69 bits per heavy atom. The lowest BCUT2D eigenvalue weighted by Gasteiger charge is -2.10. The number of hydrazone groups is 1. The molecule has 2 heterocycles. The van der Waals surface area contributed by atoms with E-state index in [1.54, 1.807) is 24.4 Å². The van der Waals surface area contributed by atoms with E-state index in [0.717, 1.165) is 23.1 Å². The summed E-state index contributed by atoms with van der Waals surface area (Å²) in [5.74, 6) is 0.0840. The summed E-state index contributed by atoms with van der Waals surface area (Å²) in [6.45, 7) is 3.77. The Labute approximate surface area is 149 Å². The van der Waals surface area contributed by atoms with Gasteiger partial charge in [-0.1, -0.05) is 12.1 Å². The first-order valence-electron chi connectivity index (χ1n) is 7.80. The third-order valence-electron chi connectivity index (χ3n) is 3.91. The highest BCUT2D eigenvalue weighted by molar-refractivity contribution is 5.82. The maximum atomic E-state index is 14.1.